The maximum absolute atomic E-state index is 11.0. The van der Waals surface area contributed by atoms with Gasteiger partial charge in [-0.3, -0.25) is 0 Å². The standard InChI is InChI=1S/C15H14N2O4/c1-15(2,11-7-3-5-9(16-11)13(18)19)12-8-4-6-10(17-12)14(20)21/h3-8H,1-2H3,(H,18,19)(H,20,21). The minimum atomic E-state index is -1.11. The average Bonchev–Trinajstić information content (AvgIpc) is 2.47. The molecule has 0 aliphatic rings. The highest BCUT2D eigenvalue weighted by atomic mass is 16.4. The maximum Gasteiger partial charge on any atom is 0.354 e. The van der Waals surface area contributed by atoms with Crippen LogP contribution in [0, 0.1) is 0 Å². The third kappa shape index (κ3) is 2.89. The van der Waals surface area contributed by atoms with Crippen LogP contribution >= 0.6 is 0 Å². The highest BCUT2D eigenvalue weighted by Crippen LogP contribution is 2.28. The lowest BCUT2D eigenvalue weighted by Gasteiger charge is -2.24. The Labute approximate surface area is 121 Å². The number of carboxylic acid groups (broad SMARTS) is 2. The van der Waals surface area contributed by atoms with Gasteiger partial charge >= 0.3 is 11.9 Å². The molecule has 2 N–H and O–H groups in total. The van der Waals surface area contributed by atoms with E-state index in [0.717, 1.165) is 0 Å². The van der Waals surface area contributed by atoms with Crippen LogP contribution < -0.4 is 0 Å². The zero-order chi connectivity index (χ0) is 15.6. The predicted molar refractivity (Wildman–Crippen MR) is 74.5 cm³/mol. The molecule has 0 aliphatic heterocycles. The first-order chi connectivity index (χ1) is 9.82. The van der Waals surface area contributed by atoms with Gasteiger partial charge in [0.15, 0.2) is 0 Å². The first-order valence-corrected chi connectivity index (χ1v) is 6.24. The van der Waals surface area contributed by atoms with Crippen LogP contribution in [0.2, 0.25) is 0 Å². The van der Waals surface area contributed by atoms with Crippen LogP contribution in [0.3, 0.4) is 0 Å². The van der Waals surface area contributed by atoms with Gasteiger partial charge in [-0.15, -0.1) is 0 Å². The Hall–Kier alpha value is -2.76. The summed E-state index contributed by atoms with van der Waals surface area (Å²) in [6.07, 6.45) is 0. The number of carbonyl (C=O) groups is 2. The van der Waals surface area contributed by atoms with Gasteiger partial charge in [-0.2, -0.15) is 0 Å². The van der Waals surface area contributed by atoms with Crippen LogP contribution in [0.4, 0.5) is 0 Å². The summed E-state index contributed by atoms with van der Waals surface area (Å²) >= 11 is 0. The predicted octanol–water partition coefficient (Wildman–Crippen LogP) is 2.20. The van der Waals surface area contributed by atoms with Gasteiger partial charge in [0, 0.05) is 5.41 Å². The van der Waals surface area contributed by atoms with Crippen molar-refractivity contribution < 1.29 is 19.8 Å². The quantitative estimate of drug-likeness (QED) is 0.893. The Bertz CT molecular complexity index is 651. The first kappa shape index (κ1) is 14.6. The summed E-state index contributed by atoms with van der Waals surface area (Å²) < 4.78 is 0. The number of carboxylic acids is 2. The lowest BCUT2D eigenvalue weighted by molar-refractivity contribution is 0.0680. The van der Waals surface area contributed by atoms with Crippen LogP contribution in [-0.4, -0.2) is 32.1 Å². The van der Waals surface area contributed by atoms with Crippen molar-refractivity contribution in [2.45, 2.75) is 19.3 Å². The van der Waals surface area contributed by atoms with E-state index in [0.29, 0.717) is 11.4 Å². The third-order valence-corrected chi connectivity index (χ3v) is 3.22. The van der Waals surface area contributed by atoms with Crippen LogP contribution in [-0.2, 0) is 5.41 Å². The van der Waals surface area contributed by atoms with Crippen molar-refractivity contribution in [3.63, 3.8) is 0 Å². The zero-order valence-electron chi connectivity index (χ0n) is 11.6. The summed E-state index contributed by atoms with van der Waals surface area (Å²) in [4.78, 5) is 30.2. The van der Waals surface area contributed by atoms with Crippen molar-refractivity contribution in [3.8, 4) is 0 Å². The van der Waals surface area contributed by atoms with Gasteiger partial charge in [-0.1, -0.05) is 12.1 Å². The van der Waals surface area contributed by atoms with Gasteiger partial charge in [0.05, 0.1) is 11.4 Å². The van der Waals surface area contributed by atoms with Crippen molar-refractivity contribution in [2.75, 3.05) is 0 Å². The van der Waals surface area contributed by atoms with Gasteiger partial charge < -0.3 is 10.2 Å². The molecule has 0 aliphatic carbocycles. The molecule has 0 fully saturated rings. The molecular formula is C15H14N2O4. The Kier molecular flexibility index (Phi) is 3.71. The second-order valence-corrected chi connectivity index (χ2v) is 5.05. The molecule has 0 amide bonds. The lowest BCUT2D eigenvalue weighted by atomic mass is 9.84. The summed E-state index contributed by atoms with van der Waals surface area (Å²) in [5.41, 5.74) is 0.191. The summed E-state index contributed by atoms with van der Waals surface area (Å²) in [6, 6.07) is 9.41. The Morgan fingerprint density at radius 2 is 1.24 bits per heavy atom. The van der Waals surface area contributed by atoms with E-state index < -0.39 is 17.4 Å². The number of rotatable bonds is 4. The molecule has 0 atom stereocenters. The van der Waals surface area contributed by atoms with Gasteiger partial charge in [-0.25, -0.2) is 19.6 Å². The second kappa shape index (κ2) is 5.32. The largest absolute Gasteiger partial charge is 0.477 e. The van der Waals surface area contributed by atoms with Crippen LogP contribution in [0.5, 0.6) is 0 Å². The second-order valence-electron chi connectivity index (χ2n) is 5.05. The number of pyridine rings is 2. The number of nitrogens with zero attached hydrogens (tertiary/aromatic N) is 2. The van der Waals surface area contributed by atoms with Gasteiger partial charge in [-0.05, 0) is 38.1 Å². The first-order valence-electron chi connectivity index (χ1n) is 6.24. The van der Waals surface area contributed by atoms with E-state index in [9.17, 15) is 9.59 Å². The Morgan fingerprint density at radius 1 is 0.857 bits per heavy atom. The van der Waals surface area contributed by atoms with Crippen molar-refractivity contribution in [2.24, 2.45) is 0 Å². The van der Waals surface area contributed by atoms with E-state index in [-0.39, 0.29) is 11.4 Å². The summed E-state index contributed by atoms with van der Waals surface area (Å²) in [7, 11) is 0. The van der Waals surface area contributed by atoms with E-state index in [1.54, 1.807) is 24.3 Å². The molecule has 0 saturated heterocycles. The zero-order valence-corrected chi connectivity index (χ0v) is 11.6. The molecule has 2 heterocycles. The van der Waals surface area contributed by atoms with Crippen molar-refractivity contribution in [3.05, 3.63) is 59.2 Å². The van der Waals surface area contributed by atoms with Gasteiger partial charge in [0.2, 0.25) is 0 Å². The van der Waals surface area contributed by atoms with Crippen LogP contribution in [0.1, 0.15) is 46.2 Å². The topological polar surface area (TPSA) is 100 Å². The molecule has 6 nitrogen and oxygen atoms in total. The van der Waals surface area contributed by atoms with E-state index in [2.05, 4.69) is 9.97 Å². The molecule has 0 radical (unpaired) electrons. The molecule has 2 rings (SSSR count). The van der Waals surface area contributed by atoms with Crippen molar-refractivity contribution in [1.82, 2.24) is 9.97 Å². The normalized spacial score (nSPS) is 11.1. The molecule has 6 heteroatoms. The number of hydrogen-bond acceptors (Lipinski definition) is 4. The van der Waals surface area contributed by atoms with E-state index in [1.165, 1.54) is 12.1 Å². The fraction of sp³-hybridized carbons (Fsp3) is 0.200. The van der Waals surface area contributed by atoms with Crippen LogP contribution in [0.25, 0.3) is 0 Å². The molecule has 0 bridgehead atoms. The van der Waals surface area contributed by atoms with Gasteiger partial charge in [0.1, 0.15) is 11.4 Å². The minimum Gasteiger partial charge on any atom is -0.477 e. The minimum absolute atomic E-state index is 0.0602. The third-order valence-electron chi connectivity index (χ3n) is 3.22. The summed E-state index contributed by atoms with van der Waals surface area (Å²) in [6.45, 7) is 3.63. The molecule has 108 valence electrons. The van der Waals surface area contributed by atoms with Crippen LogP contribution in [0.15, 0.2) is 36.4 Å². The molecule has 0 aromatic carbocycles. The summed E-state index contributed by atoms with van der Waals surface area (Å²) in [5.74, 6) is -2.22. The fourth-order valence-corrected chi connectivity index (χ4v) is 1.94. The molecule has 2 aromatic heterocycles. The molecule has 0 unspecified atom stereocenters. The summed E-state index contributed by atoms with van der Waals surface area (Å²) in [5, 5.41) is 18.0. The highest BCUT2D eigenvalue weighted by Gasteiger charge is 2.27. The SMILES string of the molecule is CC(C)(c1cccc(C(=O)O)n1)c1cccc(C(=O)O)n1. The van der Waals surface area contributed by atoms with E-state index >= 15 is 0 Å². The molecule has 21 heavy (non-hydrogen) atoms. The molecule has 2 aromatic rings. The molecule has 0 saturated carbocycles. The Balaban J connectivity index is 2.50. The Morgan fingerprint density at radius 3 is 1.57 bits per heavy atom. The number of aromatic nitrogens is 2. The van der Waals surface area contributed by atoms with Crippen molar-refractivity contribution in [1.29, 1.82) is 0 Å². The van der Waals surface area contributed by atoms with E-state index in [4.69, 9.17) is 10.2 Å². The number of hydrogen-bond donors (Lipinski definition) is 2. The lowest BCUT2D eigenvalue weighted by Crippen LogP contribution is -2.24. The molecule has 0 spiro atoms. The average molecular weight is 286 g/mol. The maximum atomic E-state index is 11.0. The monoisotopic (exact) mass is 286 g/mol. The molecular weight excluding hydrogens is 272 g/mol. The van der Waals surface area contributed by atoms with Gasteiger partial charge in [0.25, 0.3) is 0 Å². The fourth-order valence-electron chi connectivity index (χ4n) is 1.94. The van der Waals surface area contributed by atoms with E-state index in [1.807, 2.05) is 13.8 Å². The smallest absolute Gasteiger partial charge is 0.354 e. The van der Waals surface area contributed by atoms with Crippen molar-refractivity contribution >= 4 is 11.9 Å². The highest BCUT2D eigenvalue weighted by molar-refractivity contribution is 5.85. The number of aromatic carboxylic acids is 2.